The zero-order valence-electron chi connectivity index (χ0n) is 12.4. The quantitative estimate of drug-likeness (QED) is 0.674. The monoisotopic (exact) mass is 228 g/mol. The molecule has 0 aromatic carbocycles. The summed E-state index contributed by atoms with van der Waals surface area (Å²) in [6.45, 7) is 12.7. The molecule has 0 heterocycles. The van der Waals surface area contributed by atoms with E-state index in [1.807, 2.05) is 7.05 Å². The summed E-state index contributed by atoms with van der Waals surface area (Å²) in [4.78, 5) is 2.49. The van der Waals surface area contributed by atoms with Crippen LogP contribution in [0.4, 0.5) is 0 Å². The Balaban J connectivity index is 3.69. The van der Waals surface area contributed by atoms with Crippen LogP contribution < -0.4 is 5.32 Å². The number of nitrogens with one attached hydrogen (secondary N) is 1. The summed E-state index contributed by atoms with van der Waals surface area (Å²) in [7, 11) is 4.29. The van der Waals surface area contributed by atoms with Crippen molar-refractivity contribution in [2.45, 2.75) is 66.0 Å². The Morgan fingerprint density at radius 1 is 1.12 bits per heavy atom. The molecular formula is C14H32N2. The molecule has 2 heteroatoms. The third-order valence-corrected chi connectivity index (χ3v) is 3.81. The Hall–Kier alpha value is -0.0800. The van der Waals surface area contributed by atoms with Crippen molar-refractivity contribution < 1.29 is 0 Å². The van der Waals surface area contributed by atoms with E-state index in [4.69, 9.17) is 0 Å². The molecule has 0 radical (unpaired) electrons. The van der Waals surface area contributed by atoms with Crippen molar-refractivity contribution in [3.63, 3.8) is 0 Å². The van der Waals surface area contributed by atoms with Crippen LogP contribution in [0.25, 0.3) is 0 Å². The number of unbranched alkanes of at least 4 members (excludes halogenated alkanes) is 1. The lowest BCUT2D eigenvalue weighted by Crippen LogP contribution is -2.39. The third-order valence-electron chi connectivity index (χ3n) is 3.81. The number of hydrogen-bond acceptors (Lipinski definition) is 2. The Morgan fingerprint density at radius 3 is 2.12 bits per heavy atom. The summed E-state index contributed by atoms with van der Waals surface area (Å²) in [6, 6.07) is 1.31. The molecule has 0 saturated carbocycles. The maximum absolute atomic E-state index is 3.29. The molecule has 0 aliphatic rings. The molecule has 1 N–H and O–H groups in total. The van der Waals surface area contributed by atoms with Crippen LogP contribution in [-0.2, 0) is 0 Å². The van der Waals surface area contributed by atoms with Gasteiger partial charge in [-0.05, 0) is 52.7 Å². The van der Waals surface area contributed by atoms with Crippen LogP contribution in [0, 0.1) is 5.41 Å². The van der Waals surface area contributed by atoms with Gasteiger partial charge in [0.2, 0.25) is 0 Å². The third kappa shape index (κ3) is 6.49. The first-order chi connectivity index (χ1) is 7.29. The van der Waals surface area contributed by atoms with E-state index in [1.54, 1.807) is 0 Å². The molecule has 0 aromatic rings. The van der Waals surface area contributed by atoms with Gasteiger partial charge in [0.1, 0.15) is 0 Å². The second kappa shape index (κ2) is 7.29. The molecular weight excluding hydrogens is 196 g/mol. The number of hydrogen-bond donors (Lipinski definition) is 1. The molecule has 2 atom stereocenters. The van der Waals surface area contributed by atoms with E-state index in [2.05, 4.69) is 51.9 Å². The molecule has 0 rings (SSSR count). The highest BCUT2D eigenvalue weighted by Gasteiger charge is 2.23. The molecule has 98 valence electrons. The van der Waals surface area contributed by atoms with E-state index < -0.39 is 0 Å². The number of rotatable bonds is 7. The lowest BCUT2D eigenvalue weighted by molar-refractivity contribution is 0.138. The average Bonchev–Trinajstić information content (AvgIpc) is 2.21. The van der Waals surface area contributed by atoms with Crippen LogP contribution >= 0.6 is 0 Å². The predicted octanol–water partition coefficient (Wildman–Crippen LogP) is 3.13. The molecule has 0 saturated heterocycles. The van der Waals surface area contributed by atoms with Gasteiger partial charge in [-0.2, -0.15) is 0 Å². The highest BCUT2D eigenvalue weighted by Crippen LogP contribution is 2.23. The number of nitrogens with zero attached hydrogens (tertiary/aromatic N) is 1. The summed E-state index contributed by atoms with van der Waals surface area (Å²) in [5.74, 6) is 0. The van der Waals surface area contributed by atoms with Crippen molar-refractivity contribution >= 4 is 0 Å². The van der Waals surface area contributed by atoms with Gasteiger partial charge in [0, 0.05) is 12.1 Å². The van der Waals surface area contributed by atoms with Crippen LogP contribution in [0.5, 0.6) is 0 Å². The first-order valence-electron chi connectivity index (χ1n) is 6.66. The minimum Gasteiger partial charge on any atom is -0.317 e. The Morgan fingerprint density at radius 2 is 1.69 bits per heavy atom. The van der Waals surface area contributed by atoms with Crippen LogP contribution in [0.1, 0.15) is 53.9 Å². The van der Waals surface area contributed by atoms with Gasteiger partial charge in [-0.25, -0.2) is 0 Å². The standard InChI is InChI=1S/C14H32N2/c1-12(15-6)10-8-9-11-16(7)13(2)14(3,4)5/h12-13,15H,8-11H2,1-7H3. The summed E-state index contributed by atoms with van der Waals surface area (Å²) in [5.41, 5.74) is 0.382. The van der Waals surface area contributed by atoms with Crippen molar-refractivity contribution in [2.24, 2.45) is 5.41 Å². The molecule has 0 fully saturated rings. The van der Waals surface area contributed by atoms with E-state index in [0.717, 1.165) is 0 Å². The molecule has 0 spiro atoms. The largest absolute Gasteiger partial charge is 0.317 e. The minimum atomic E-state index is 0.382. The zero-order chi connectivity index (χ0) is 12.8. The van der Waals surface area contributed by atoms with Crippen molar-refractivity contribution in [1.29, 1.82) is 0 Å². The Bertz CT molecular complexity index is 172. The zero-order valence-corrected chi connectivity index (χ0v) is 12.4. The van der Waals surface area contributed by atoms with Crippen LogP contribution in [-0.4, -0.2) is 37.6 Å². The van der Waals surface area contributed by atoms with Gasteiger partial charge in [-0.1, -0.05) is 27.2 Å². The average molecular weight is 228 g/mol. The topological polar surface area (TPSA) is 15.3 Å². The van der Waals surface area contributed by atoms with Gasteiger partial charge in [0.15, 0.2) is 0 Å². The van der Waals surface area contributed by atoms with Gasteiger partial charge in [0.05, 0.1) is 0 Å². The normalized spacial score (nSPS) is 16.5. The minimum absolute atomic E-state index is 0.382. The molecule has 2 unspecified atom stereocenters. The Labute approximate surface area is 103 Å². The first kappa shape index (κ1) is 15.9. The van der Waals surface area contributed by atoms with Crippen molar-refractivity contribution in [3.8, 4) is 0 Å². The van der Waals surface area contributed by atoms with E-state index in [0.29, 0.717) is 17.5 Å². The lowest BCUT2D eigenvalue weighted by Gasteiger charge is -2.35. The van der Waals surface area contributed by atoms with Crippen molar-refractivity contribution in [2.75, 3.05) is 20.6 Å². The second-order valence-corrected chi connectivity index (χ2v) is 6.21. The van der Waals surface area contributed by atoms with Gasteiger partial charge in [-0.3, -0.25) is 0 Å². The molecule has 0 aromatic heterocycles. The van der Waals surface area contributed by atoms with Crippen molar-refractivity contribution in [3.05, 3.63) is 0 Å². The molecule has 2 nitrogen and oxygen atoms in total. The molecule has 16 heavy (non-hydrogen) atoms. The fourth-order valence-electron chi connectivity index (χ4n) is 1.81. The van der Waals surface area contributed by atoms with Gasteiger partial charge in [0.25, 0.3) is 0 Å². The summed E-state index contributed by atoms with van der Waals surface area (Å²) in [5, 5.41) is 3.29. The Kier molecular flexibility index (Phi) is 7.25. The first-order valence-corrected chi connectivity index (χ1v) is 6.66. The van der Waals surface area contributed by atoms with Gasteiger partial charge in [-0.15, -0.1) is 0 Å². The highest BCUT2D eigenvalue weighted by atomic mass is 15.1. The van der Waals surface area contributed by atoms with Crippen LogP contribution in [0.2, 0.25) is 0 Å². The van der Waals surface area contributed by atoms with Gasteiger partial charge >= 0.3 is 0 Å². The lowest BCUT2D eigenvalue weighted by atomic mass is 9.87. The SMILES string of the molecule is CNC(C)CCCCN(C)C(C)C(C)(C)C. The van der Waals surface area contributed by atoms with Crippen LogP contribution in [0.15, 0.2) is 0 Å². The second-order valence-electron chi connectivity index (χ2n) is 6.21. The molecule has 0 bridgehead atoms. The fraction of sp³-hybridized carbons (Fsp3) is 1.00. The van der Waals surface area contributed by atoms with Crippen molar-refractivity contribution in [1.82, 2.24) is 10.2 Å². The smallest absolute Gasteiger partial charge is 0.0112 e. The van der Waals surface area contributed by atoms with Crippen LogP contribution in [0.3, 0.4) is 0 Å². The molecule has 0 amide bonds. The van der Waals surface area contributed by atoms with E-state index in [-0.39, 0.29) is 0 Å². The van der Waals surface area contributed by atoms with E-state index in [9.17, 15) is 0 Å². The van der Waals surface area contributed by atoms with E-state index >= 15 is 0 Å². The highest BCUT2D eigenvalue weighted by molar-refractivity contribution is 4.77. The van der Waals surface area contributed by atoms with E-state index in [1.165, 1.54) is 25.8 Å². The molecule has 0 aliphatic carbocycles. The maximum atomic E-state index is 3.29. The molecule has 0 aliphatic heterocycles. The summed E-state index contributed by atoms with van der Waals surface area (Å²) >= 11 is 0. The fourth-order valence-corrected chi connectivity index (χ4v) is 1.81. The summed E-state index contributed by atoms with van der Waals surface area (Å²) in [6.07, 6.45) is 3.92. The van der Waals surface area contributed by atoms with Gasteiger partial charge < -0.3 is 10.2 Å². The maximum Gasteiger partial charge on any atom is 0.0112 e. The summed E-state index contributed by atoms with van der Waals surface area (Å²) < 4.78 is 0. The predicted molar refractivity (Wildman–Crippen MR) is 73.9 cm³/mol.